The van der Waals surface area contributed by atoms with Crippen LogP contribution in [0.2, 0.25) is 0 Å². The first-order valence-corrected chi connectivity index (χ1v) is 10.1. The number of benzene rings is 2. The number of fused-ring (bicyclic) bond motifs is 2. The summed E-state index contributed by atoms with van der Waals surface area (Å²) in [5.74, 6) is 1.30. The normalized spacial score (nSPS) is 16.6. The van der Waals surface area contributed by atoms with Crippen LogP contribution in [0, 0.1) is 6.92 Å². The van der Waals surface area contributed by atoms with E-state index in [1.54, 1.807) is 25.4 Å². The van der Waals surface area contributed by atoms with E-state index in [0.717, 1.165) is 10.9 Å². The topological polar surface area (TPSA) is 68.7 Å². The predicted octanol–water partition coefficient (Wildman–Crippen LogP) is 3.00. The lowest BCUT2D eigenvalue weighted by atomic mass is 10.2. The Hall–Kier alpha value is -2.64. The average Bonchev–Trinajstić information content (AvgIpc) is 2.67. The minimum absolute atomic E-state index is 0.179. The van der Waals surface area contributed by atoms with Crippen molar-refractivity contribution in [2.45, 2.75) is 17.9 Å². The van der Waals surface area contributed by atoms with Gasteiger partial charge in [-0.05, 0) is 36.8 Å². The van der Waals surface area contributed by atoms with E-state index in [1.807, 2.05) is 43.3 Å². The van der Waals surface area contributed by atoms with Crippen LogP contribution in [-0.2, 0) is 10.0 Å². The van der Waals surface area contributed by atoms with E-state index < -0.39 is 10.0 Å². The molecule has 4 rings (SSSR count). The fraction of sp³-hybridized carbons (Fsp3) is 0.250. The summed E-state index contributed by atoms with van der Waals surface area (Å²) in [5, 5.41) is 0.802. The maximum absolute atomic E-state index is 13.1. The highest BCUT2D eigenvalue weighted by Gasteiger charge is 2.29. The van der Waals surface area contributed by atoms with Gasteiger partial charge in [0.15, 0.2) is 11.5 Å². The van der Waals surface area contributed by atoms with Crippen LogP contribution in [0.15, 0.2) is 59.6 Å². The lowest BCUT2D eigenvalue weighted by Gasteiger charge is -2.29. The number of para-hydroxylation sites is 3. The van der Waals surface area contributed by atoms with E-state index in [-0.39, 0.29) is 17.5 Å². The fourth-order valence-electron chi connectivity index (χ4n) is 3.16. The Bertz CT molecular complexity index is 1100. The highest BCUT2D eigenvalue weighted by Crippen LogP contribution is 2.31. The Morgan fingerprint density at radius 2 is 1.93 bits per heavy atom. The zero-order chi connectivity index (χ0) is 19.0. The van der Waals surface area contributed by atoms with Gasteiger partial charge in [-0.2, -0.15) is 4.31 Å². The molecule has 0 bridgehead atoms. The van der Waals surface area contributed by atoms with Gasteiger partial charge in [0.05, 0.1) is 12.1 Å². The van der Waals surface area contributed by atoms with Gasteiger partial charge in [-0.15, -0.1) is 0 Å². The summed E-state index contributed by atoms with van der Waals surface area (Å²) in [6.07, 6.45) is 1.29. The molecule has 27 heavy (non-hydrogen) atoms. The van der Waals surface area contributed by atoms with Gasteiger partial charge in [-0.25, -0.2) is 8.42 Å². The van der Waals surface area contributed by atoms with Crippen LogP contribution >= 0.6 is 0 Å². The molecular weight excluding hydrogens is 364 g/mol. The van der Waals surface area contributed by atoms with E-state index in [2.05, 4.69) is 4.98 Å². The van der Waals surface area contributed by atoms with Gasteiger partial charge in [-0.3, -0.25) is 4.98 Å². The summed E-state index contributed by atoms with van der Waals surface area (Å²) in [5.41, 5.74) is 1.46. The molecule has 2 heterocycles. The van der Waals surface area contributed by atoms with Crippen molar-refractivity contribution in [2.75, 3.05) is 20.2 Å². The summed E-state index contributed by atoms with van der Waals surface area (Å²) < 4.78 is 39.1. The molecule has 6 nitrogen and oxygen atoms in total. The van der Waals surface area contributed by atoms with Crippen molar-refractivity contribution in [1.29, 1.82) is 0 Å². The molecule has 1 aromatic heterocycles. The Morgan fingerprint density at radius 3 is 2.74 bits per heavy atom. The number of ether oxygens (including phenoxy) is 2. The fourth-order valence-corrected chi connectivity index (χ4v) is 4.52. The zero-order valence-electron chi connectivity index (χ0n) is 15.1. The molecule has 0 saturated heterocycles. The largest absolute Gasteiger partial charge is 0.486 e. The third kappa shape index (κ3) is 3.36. The van der Waals surface area contributed by atoms with Gasteiger partial charge >= 0.3 is 0 Å². The van der Waals surface area contributed by atoms with E-state index >= 15 is 0 Å². The third-order valence-corrected chi connectivity index (χ3v) is 6.38. The number of aromatic nitrogens is 1. The van der Waals surface area contributed by atoms with Crippen molar-refractivity contribution < 1.29 is 17.9 Å². The molecule has 0 aliphatic carbocycles. The standard InChI is InChI=1S/C20H20N2O4S/c1-14-10-15-6-5-9-19(20(15)21-11-14)27(23,24)22(2)12-16-13-25-17-7-3-4-8-18(17)26-16/h3-11,16H,12-13H2,1-2H3/t16-/m1/s1. The summed E-state index contributed by atoms with van der Waals surface area (Å²) >= 11 is 0. The van der Waals surface area contributed by atoms with Crippen molar-refractivity contribution in [3.63, 3.8) is 0 Å². The van der Waals surface area contributed by atoms with Gasteiger partial charge in [0.1, 0.15) is 17.6 Å². The van der Waals surface area contributed by atoms with Crippen molar-refractivity contribution in [3.05, 3.63) is 60.3 Å². The molecule has 0 N–H and O–H groups in total. The number of rotatable bonds is 4. The minimum Gasteiger partial charge on any atom is -0.486 e. The maximum atomic E-state index is 13.1. The quantitative estimate of drug-likeness (QED) is 0.692. The smallest absolute Gasteiger partial charge is 0.245 e. The molecule has 0 amide bonds. The molecular formula is C20H20N2O4S. The molecule has 140 valence electrons. The predicted molar refractivity (Wildman–Crippen MR) is 103 cm³/mol. The average molecular weight is 384 g/mol. The second kappa shape index (κ2) is 6.83. The minimum atomic E-state index is -3.72. The number of aryl methyl sites for hydroxylation is 1. The number of sulfonamides is 1. The van der Waals surface area contributed by atoms with Crippen molar-refractivity contribution in [2.24, 2.45) is 0 Å². The molecule has 1 aliphatic heterocycles. The third-order valence-electron chi connectivity index (χ3n) is 4.53. The molecule has 0 unspecified atom stereocenters. The molecule has 2 aromatic carbocycles. The van der Waals surface area contributed by atoms with Crippen LogP contribution in [0.3, 0.4) is 0 Å². The van der Waals surface area contributed by atoms with E-state index in [0.29, 0.717) is 23.6 Å². The lowest BCUT2D eigenvalue weighted by molar-refractivity contribution is 0.0799. The highest BCUT2D eigenvalue weighted by molar-refractivity contribution is 7.89. The summed E-state index contributed by atoms with van der Waals surface area (Å²) in [6.45, 7) is 2.40. The van der Waals surface area contributed by atoms with Crippen LogP contribution < -0.4 is 9.47 Å². The Labute approximate surface area is 158 Å². The lowest BCUT2D eigenvalue weighted by Crippen LogP contribution is -2.41. The first kappa shape index (κ1) is 17.8. The van der Waals surface area contributed by atoms with Crippen molar-refractivity contribution >= 4 is 20.9 Å². The van der Waals surface area contributed by atoms with E-state index in [9.17, 15) is 8.42 Å². The maximum Gasteiger partial charge on any atom is 0.245 e. The molecule has 0 saturated carbocycles. The molecule has 1 aliphatic rings. The van der Waals surface area contributed by atoms with Crippen molar-refractivity contribution in [3.8, 4) is 11.5 Å². The number of likely N-dealkylation sites (N-methyl/N-ethyl adjacent to an activating group) is 1. The number of hydrogen-bond donors (Lipinski definition) is 0. The van der Waals surface area contributed by atoms with Crippen LogP contribution in [0.4, 0.5) is 0 Å². The molecule has 0 spiro atoms. The number of hydrogen-bond acceptors (Lipinski definition) is 5. The SMILES string of the molecule is Cc1cnc2c(S(=O)(=O)N(C)C[C@@H]3COc4ccccc4O3)cccc2c1. The molecule has 0 fully saturated rings. The number of pyridine rings is 1. The van der Waals surface area contributed by atoms with E-state index in [4.69, 9.17) is 9.47 Å². The zero-order valence-corrected chi connectivity index (χ0v) is 15.9. The van der Waals surface area contributed by atoms with Crippen LogP contribution in [0.5, 0.6) is 11.5 Å². The first-order valence-electron chi connectivity index (χ1n) is 8.65. The second-order valence-electron chi connectivity index (χ2n) is 6.62. The van der Waals surface area contributed by atoms with Crippen LogP contribution in [0.1, 0.15) is 5.56 Å². The molecule has 7 heteroatoms. The highest BCUT2D eigenvalue weighted by atomic mass is 32.2. The summed E-state index contributed by atoms with van der Waals surface area (Å²) in [4.78, 5) is 4.54. The summed E-state index contributed by atoms with van der Waals surface area (Å²) in [7, 11) is -2.17. The van der Waals surface area contributed by atoms with E-state index in [1.165, 1.54) is 4.31 Å². The van der Waals surface area contributed by atoms with Crippen LogP contribution in [0.25, 0.3) is 10.9 Å². The Kier molecular flexibility index (Phi) is 4.49. The van der Waals surface area contributed by atoms with Crippen molar-refractivity contribution in [1.82, 2.24) is 9.29 Å². The monoisotopic (exact) mass is 384 g/mol. The molecule has 1 atom stereocenters. The second-order valence-corrected chi connectivity index (χ2v) is 8.64. The van der Waals surface area contributed by atoms with Gasteiger partial charge < -0.3 is 9.47 Å². The summed E-state index contributed by atoms with van der Waals surface area (Å²) in [6, 6.07) is 14.5. The molecule has 0 radical (unpaired) electrons. The number of nitrogens with zero attached hydrogens (tertiary/aromatic N) is 2. The Morgan fingerprint density at radius 1 is 1.15 bits per heavy atom. The van der Waals surface area contributed by atoms with Gasteiger partial charge in [0.25, 0.3) is 0 Å². The van der Waals surface area contributed by atoms with Gasteiger partial charge in [0, 0.05) is 18.6 Å². The first-order chi connectivity index (χ1) is 12.9. The van der Waals surface area contributed by atoms with Gasteiger partial charge in [0.2, 0.25) is 10.0 Å². The Balaban J connectivity index is 1.60. The molecule has 3 aromatic rings. The van der Waals surface area contributed by atoms with Crippen LogP contribution in [-0.4, -0.2) is 44.0 Å². The van der Waals surface area contributed by atoms with Gasteiger partial charge in [-0.1, -0.05) is 24.3 Å².